The Hall–Kier alpha value is -2.69. The van der Waals surface area contributed by atoms with E-state index in [9.17, 15) is 24.0 Å². The van der Waals surface area contributed by atoms with Crippen molar-refractivity contribution in [1.82, 2.24) is 16.0 Å². The Morgan fingerprint density at radius 3 is 2.00 bits per heavy atom. The third kappa shape index (κ3) is 9.25. The monoisotopic (exact) mass is 360 g/mol. The minimum Gasteiger partial charge on any atom is -0.481 e. The lowest BCUT2D eigenvalue weighted by Gasteiger charge is -2.24. The van der Waals surface area contributed by atoms with Crippen LogP contribution in [0.15, 0.2) is 0 Å². The summed E-state index contributed by atoms with van der Waals surface area (Å²) in [5.41, 5.74) is 5.19. The summed E-state index contributed by atoms with van der Waals surface area (Å²) in [4.78, 5) is 56.9. The zero-order chi connectivity index (χ0) is 19.6. The molecule has 0 aliphatic heterocycles. The van der Waals surface area contributed by atoms with Crippen LogP contribution in [0.5, 0.6) is 0 Å². The van der Waals surface area contributed by atoms with E-state index in [1.165, 1.54) is 0 Å². The van der Waals surface area contributed by atoms with E-state index in [1.54, 1.807) is 13.8 Å². The standard InChI is InChI=1S/C14H24N4O7/c1-7(2)12(18-9(19)5-15)14(25)17-8(3-4-10(20)21)13(24)16-6-11(22)23/h7-8,12H,3-6,15H2,1-2H3,(H,16,24)(H,17,25)(H,18,19)(H,20,21)(H,22,23). The summed E-state index contributed by atoms with van der Waals surface area (Å²) in [5.74, 6) is -4.87. The summed E-state index contributed by atoms with van der Waals surface area (Å²) in [7, 11) is 0. The van der Waals surface area contributed by atoms with E-state index in [2.05, 4.69) is 16.0 Å². The molecule has 11 nitrogen and oxygen atoms in total. The zero-order valence-corrected chi connectivity index (χ0v) is 14.1. The van der Waals surface area contributed by atoms with Gasteiger partial charge in [-0.05, 0) is 12.3 Å². The number of amides is 3. The van der Waals surface area contributed by atoms with Crippen LogP contribution in [0.3, 0.4) is 0 Å². The lowest BCUT2D eigenvalue weighted by atomic mass is 10.0. The van der Waals surface area contributed by atoms with Gasteiger partial charge in [0, 0.05) is 6.42 Å². The van der Waals surface area contributed by atoms with E-state index in [0.717, 1.165) is 0 Å². The fourth-order valence-electron chi connectivity index (χ4n) is 1.85. The first-order chi connectivity index (χ1) is 11.6. The maximum atomic E-state index is 12.3. The molecule has 0 saturated carbocycles. The summed E-state index contributed by atoms with van der Waals surface area (Å²) in [6, 6.07) is -2.23. The number of aliphatic carboxylic acids is 2. The van der Waals surface area contributed by atoms with Crippen LogP contribution in [-0.2, 0) is 24.0 Å². The van der Waals surface area contributed by atoms with Gasteiger partial charge in [0.1, 0.15) is 18.6 Å². The molecule has 11 heteroatoms. The molecule has 2 unspecified atom stereocenters. The van der Waals surface area contributed by atoms with Crippen molar-refractivity contribution in [3.05, 3.63) is 0 Å². The highest BCUT2D eigenvalue weighted by atomic mass is 16.4. The van der Waals surface area contributed by atoms with Gasteiger partial charge in [-0.3, -0.25) is 24.0 Å². The zero-order valence-electron chi connectivity index (χ0n) is 14.1. The number of carboxylic acids is 2. The maximum absolute atomic E-state index is 12.3. The van der Waals surface area contributed by atoms with Crippen LogP contribution >= 0.6 is 0 Å². The molecule has 142 valence electrons. The Balaban J connectivity index is 5.06. The predicted molar refractivity (Wildman–Crippen MR) is 85.3 cm³/mol. The lowest BCUT2D eigenvalue weighted by Crippen LogP contribution is -2.56. The van der Waals surface area contributed by atoms with E-state index in [4.69, 9.17) is 15.9 Å². The first-order valence-electron chi connectivity index (χ1n) is 7.59. The van der Waals surface area contributed by atoms with Gasteiger partial charge in [-0.2, -0.15) is 0 Å². The van der Waals surface area contributed by atoms with Crippen molar-refractivity contribution in [2.45, 2.75) is 38.8 Å². The summed E-state index contributed by atoms with van der Waals surface area (Å²) in [6.45, 7) is 2.34. The van der Waals surface area contributed by atoms with Gasteiger partial charge in [-0.25, -0.2) is 0 Å². The average Bonchev–Trinajstić information content (AvgIpc) is 2.52. The van der Waals surface area contributed by atoms with Crippen molar-refractivity contribution < 1.29 is 34.2 Å². The molecule has 0 heterocycles. The number of hydrogen-bond donors (Lipinski definition) is 6. The van der Waals surface area contributed by atoms with Crippen LogP contribution in [0, 0.1) is 5.92 Å². The van der Waals surface area contributed by atoms with Gasteiger partial charge in [0.25, 0.3) is 0 Å². The van der Waals surface area contributed by atoms with E-state index in [0.29, 0.717) is 0 Å². The highest BCUT2D eigenvalue weighted by molar-refractivity contribution is 5.93. The number of hydrogen-bond acceptors (Lipinski definition) is 6. The van der Waals surface area contributed by atoms with E-state index in [-0.39, 0.29) is 18.9 Å². The number of nitrogens with one attached hydrogen (secondary N) is 3. The molecular weight excluding hydrogens is 336 g/mol. The minimum absolute atomic E-state index is 0.234. The van der Waals surface area contributed by atoms with Gasteiger partial charge in [-0.1, -0.05) is 13.8 Å². The van der Waals surface area contributed by atoms with Crippen LogP contribution in [-0.4, -0.2) is 65.0 Å². The molecule has 0 fully saturated rings. The highest BCUT2D eigenvalue weighted by Gasteiger charge is 2.28. The number of carboxylic acid groups (broad SMARTS) is 2. The quantitative estimate of drug-likeness (QED) is 0.236. The predicted octanol–water partition coefficient (Wildman–Crippen LogP) is -2.36. The van der Waals surface area contributed by atoms with Crippen molar-refractivity contribution in [3.63, 3.8) is 0 Å². The Morgan fingerprint density at radius 1 is 0.960 bits per heavy atom. The number of carbonyl (C=O) groups excluding carboxylic acids is 3. The molecule has 0 spiro atoms. The van der Waals surface area contributed by atoms with Crippen molar-refractivity contribution in [3.8, 4) is 0 Å². The third-order valence-electron chi connectivity index (χ3n) is 3.14. The molecule has 0 radical (unpaired) electrons. The smallest absolute Gasteiger partial charge is 0.322 e. The summed E-state index contributed by atoms with van der Waals surface area (Å²) in [5, 5.41) is 24.1. The van der Waals surface area contributed by atoms with Crippen LogP contribution in [0.25, 0.3) is 0 Å². The van der Waals surface area contributed by atoms with Crippen molar-refractivity contribution in [2.75, 3.05) is 13.1 Å². The third-order valence-corrected chi connectivity index (χ3v) is 3.14. The van der Waals surface area contributed by atoms with E-state index < -0.39 is 54.7 Å². The molecule has 3 amide bonds. The Bertz CT molecular complexity index is 521. The normalized spacial score (nSPS) is 12.8. The first kappa shape index (κ1) is 22.3. The highest BCUT2D eigenvalue weighted by Crippen LogP contribution is 2.05. The Labute approximate surface area is 144 Å². The molecule has 0 bridgehead atoms. The van der Waals surface area contributed by atoms with Crippen LogP contribution in [0.1, 0.15) is 26.7 Å². The molecule has 0 aromatic carbocycles. The SMILES string of the molecule is CC(C)C(NC(=O)CN)C(=O)NC(CCC(=O)O)C(=O)NCC(=O)O. The second kappa shape index (κ2) is 11.0. The summed E-state index contributed by atoms with van der Waals surface area (Å²) >= 11 is 0. The molecular formula is C14H24N4O7. The average molecular weight is 360 g/mol. The molecule has 2 atom stereocenters. The van der Waals surface area contributed by atoms with Crippen LogP contribution < -0.4 is 21.7 Å². The fraction of sp³-hybridized carbons (Fsp3) is 0.643. The van der Waals surface area contributed by atoms with Crippen molar-refractivity contribution in [2.24, 2.45) is 11.7 Å². The molecule has 0 aliphatic carbocycles. The molecule has 0 aromatic rings. The largest absolute Gasteiger partial charge is 0.481 e. The molecule has 7 N–H and O–H groups in total. The van der Waals surface area contributed by atoms with Gasteiger partial charge in [0.15, 0.2) is 0 Å². The van der Waals surface area contributed by atoms with Crippen molar-refractivity contribution >= 4 is 29.7 Å². The van der Waals surface area contributed by atoms with Gasteiger partial charge < -0.3 is 31.9 Å². The topological polar surface area (TPSA) is 188 Å². The van der Waals surface area contributed by atoms with Crippen LogP contribution in [0.2, 0.25) is 0 Å². The Morgan fingerprint density at radius 2 is 1.56 bits per heavy atom. The Kier molecular flexibility index (Phi) is 9.79. The molecule has 0 aliphatic rings. The maximum Gasteiger partial charge on any atom is 0.322 e. The number of rotatable bonds is 11. The summed E-state index contributed by atoms with van der Waals surface area (Å²) < 4.78 is 0. The van der Waals surface area contributed by atoms with Crippen LogP contribution in [0.4, 0.5) is 0 Å². The molecule has 0 rings (SSSR count). The molecule has 0 saturated heterocycles. The lowest BCUT2D eigenvalue weighted by molar-refractivity contribution is -0.140. The number of nitrogens with two attached hydrogens (primary N) is 1. The minimum atomic E-state index is -1.29. The van der Waals surface area contributed by atoms with Gasteiger partial charge in [0.2, 0.25) is 17.7 Å². The fourth-order valence-corrected chi connectivity index (χ4v) is 1.85. The van der Waals surface area contributed by atoms with E-state index >= 15 is 0 Å². The van der Waals surface area contributed by atoms with Gasteiger partial charge in [-0.15, -0.1) is 0 Å². The number of carbonyl (C=O) groups is 5. The first-order valence-corrected chi connectivity index (χ1v) is 7.59. The molecule has 25 heavy (non-hydrogen) atoms. The van der Waals surface area contributed by atoms with E-state index in [1.807, 2.05) is 0 Å². The van der Waals surface area contributed by atoms with Gasteiger partial charge >= 0.3 is 11.9 Å². The summed E-state index contributed by atoms with van der Waals surface area (Å²) in [6.07, 6.45) is -0.644. The molecule has 0 aromatic heterocycles. The van der Waals surface area contributed by atoms with Crippen molar-refractivity contribution in [1.29, 1.82) is 0 Å². The second-order valence-electron chi connectivity index (χ2n) is 5.60. The van der Waals surface area contributed by atoms with Gasteiger partial charge in [0.05, 0.1) is 6.54 Å². The second-order valence-corrected chi connectivity index (χ2v) is 5.60.